The van der Waals surface area contributed by atoms with E-state index in [-0.39, 0.29) is 5.91 Å². The summed E-state index contributed by atoms with van der Waals surface area (Å²) in [5.41, 5.74) is 1.80. The Kier molecular flexibility index (Phi) is 5.74. The molecule has 24 heavy (non-hydrogen) atoms. The van der Waals surface area contributed by atoms with E-state index in [1.54, 1.807) is 0 Å². The van der Waals surface area contributed by atoms with Gasteiger partial charge in [-0.25, -0.2) is 0 Å². The molecular formula is C19H28N2O3. The fourth-order valence-electron chi connectivity index (χ4n) is 3.54. The van der Waals surface area contributed by atoms with E-state index in [0.29, 0.717) is 12.5 Å². The molecule has 0 radical (unpaired) electrons. The van der Waals surface area contributed by atoms with Crippen LogP contribution in [0.4, 0.5) is 0 Å². The first-order valence-corrected chi connectivity index (χ1v) is 9.00. The first-order valence-electron chi connectivity index (χ1n) is 9.00. The number of amides is 1. The van der Waals surface area contributed by atoms with Crippen molar-refractivity contribution in [1.29, 1.82) is 0 Å². The van der Waals surface area contributed by atoms with Crippen LogP contribution in [0, 0.1) is 12.8 Å². The van der Waals surface area contributed by atoms with Crippen LogP contribution in [-0.2, 0) is 4.74 Å². The van der Waals surface area contributed by atoms with Crippen molar-refractivity contribution in [2.45, 2.75) is 20.3 Å². The molecule has 1 atom stereocenters. The van der Waals surface area contributed by atoms with E-state index in [0.717, 1.165) is 69.2 Å². The van der Waals surface area contributed by atoms with Gasteiger partial charge in [-0.15, -0.1) is 0 Å². The number of carbonyl (C=O) groups excluding carboxylic acids is 1. The Morgan fingerprint density at radius 3 is 2.83 bits per heavy atom. The van der Waals surface area contributed by atoms with Gasteiger partial charge in [0.1, 0.15) is 5.75 Å². The number of nitrogens with zero attached hydrogens (tertiary/aromatic N) is 2. The maximum Gasteiger partial charge on any atom is 0.253 e. The highest BCUT2D eigenvalue weighted by molar-refractivity contribution is 5.95. The fourth-order valence-corrected chi connectivity index (χ4v) is 3.54. The molecule has 3 rings (SSSR count). The minimum absolute atomic E-state index is 0.125. The average Bonchev–Trinajstić information content (AvgIpc) is 3.06. The van der Waals surface area contributed by atoms with Crippen molar-refractivity contribution in [1.82, 2.24) is 9.80 Å². The molecule has 0 aromatic heterocycles. The summed E-state index contributed by atoms with van der Waals surface area (Å²) in [6, 6.07) is 5.77. The lowest BCUT2D eigenvalue weighted by Crippen LogP contribution is -2.40. The third kappa shape index (κ3) is 4.08. The summed E-state index contributed by atoms with van der Waals surface area (Å²) in [5, 5.41) is 0. The summed E-state index contributed by atoms with van der Waals surface area (Å²) in [5.74, 6) is 1.51. The molecular weight excluding hydrogens is 304 g/mol. The number of carbonyl (C=O) groups is 1. The summed E-state index contributed by atoms with van der Waals surface area (Å²) in [6.45, 7) is 11.1. The van der Waals surface area contributed by atoms with Crippen LogP contribution < -0.4 is 4.74 Å². The predicted octanol–water partition coefficient (Wildman–Crippen LogP) is 2.19. The van der Waals surface area contributed by atoms with Crippen LogP contribution in [0.5, 0.6) is 5.75 Å². The van der Waals surface area contributed by atoms with Crippen molar-refractivity contribution in [2.75, 3.05) is 52.5 Å². The molecule has 1 aromatic carbocycles. The second-order valence-corrected chi connectivity index (χ2v) is 6.73. The first-order chi connectivity index (χ1) is 11.7. The highest BCUT2D eigenvalue weighted by Gasteiger charge is 2.28. The minimum atomic E-state index is 0.125. The Morgan fingerprint density at radius 2 is 2.08 bits per heavy atom. The fraction of sp³-hybridized carbons (Fsp3) is 0.632. The molecule has 0 bridgehead atoms. The molecule has 0 spiro atoms. The highest BCUT2D eigenvalue weighted by atomic mass is 16.5. The van der Waals surface area contributed by atoms with E-state index in [4.69, 9.17) is 9.47 Å². The van der Waals surface area contributed by atoms with Gasteiger partial charge in [0.25, 0.3) is 5.91 Å². The lowest BCUT2D eigenvalue weighted by atomic mass is 10.1. The normalized spacial score (nSPS) is 21.9. The molecule has 5 nitrogen and oxygen atoms in total. The number of aryl methyl sites for hydroxylation is 1. The second kappa shape index (κ2) is 7.99. The second-order valence-electron chi connectivity index (χ2n) is 6.73. The molecule has 2 heterocycles. The van der Waals surface area contributed by atoms with Gasteiger partial charge in [0.15, 0.2) is 0 Å². The first kappa shape index (κ1) is 17.2. The maximum absolute atomic E-state index is 12.8. The van der Waals surface area contributed by atoms with Crippen LogP contribution in [-0.4, -0.2) is 68.3 Å². The Hall–Kier alpha value is -1.59. The molecule has 1 amide bonds. The number of likely N-dealkylation sites (tertiary alicyclic amines) is 1. The van der Waals surface area contributed by atoms with Gasteiger partial charge >= 0.3 is 0 Å². The van der Waals surface area contributed by atoms with E-state index in [1.807, 2.05) is 36.9 Å². The Balaban J connectivity index is 1.58. The summed E-state index contributed by atoms with van der Waals surface area (Å²) >= 11 is 0. The molecule has 2 aliphatic rings. The zero-order valence-corrected chi connectivity index (χ0v) is 14.8. The molecule has 5 heteroatoms. The Labute approximate surface area is 144 Å². The van der Waals surface area contributed by atoms with Crippen LogP contribution in [0.25, 0.3) is 0 Å². The quantitative estimate of drug-likeness (QED) is 0.829. The van der Waals surface area contributed by atoms with Gasteiger partial charge in [-0.05, 0) is 43.9 Å². The lowest BCUT2D eigenvalue weighted by Gasteiger charge is -2.29. The van der Waals surface area contributed by atoms with Crippen LogP contribution in [0.3, 0.4) is 0 Å². The predicted molar refractivity (Wildman–Crippen MR) is 93.6 cm³/mol. The van der Waals surface area contributed by atoms with E-state index in [2.05, 4.69) is 4.90 Å². The molecule has 132 valence electrons. The molecule has 0 aliphatic carbocycles. The highest BCUT2D eigenvalue weighted by Crippen LogP contribution is 2.24. The van der Waals surface area contributed by atoms with Gasteiger partial charge in [0.05, 0.1) is 19.8 Å². The lowest BCUT2D eigenvalue weighted by molar-refractivity contribution is 0.0310. The SMILES string of the molecule is CCOc1cc(C(=O)N2CCC(CN3CCOCC3)C2)ccc1C. The van der Waals surface area contributed by atoms with E-state index >= 15 is 0 Å². The van der Waals surface area contributed by atoms with Crippen LogP contribution >= 0.6 is 0 Å². The molecule has 2 saturated heterocycles. The van der Waals surface area contributed by atoms with Gasteiger partial charge in [-0.3, -0.25) is 9.69 Å². The van der Waals surface area contributed by atoms with E-state index < -0.39 is 0 Å². The third-order valence-corrected chi connectivity index (χ3v) is 4.93. The number of morpholine rings is 1. The monoisotopic (exact) mass is 332 g/mol. The standard InChI is InChI=1S/C19H28N2O3/c1-3-24-18-12-17(5-4-15(18)2)19(22)21-7-6-16(14-21)13-20-8-10-23-11-9-20/h4-5,12,16H,3,6-11,13-14H2,1-2H3. The van der Waals surface area contributed by atoms with Crippen molar-refractivity contribution in [3.63, 3.8) is 0 Å². The van der Waals surface area contributed by atoms with Crippen LogP contribution in [0.1, 0.15) is 29.3 Å². The number of hydrogen-bond donors (Lipinski definition) is 0. The van der Waals surface area contributed by atoms with E-state index in [1.165, 1.54) is 0 Å². The summed E-state index contributed by atoms with van der Waals surface area (Å²) in [6.07, 6.45) is 1.09. The molecule has 0 N–H and O–H groups in total. The van der Waals surface area contributed by atoms with E-state index in [9.17, 15) is 4.79 Å². The molecule has 0 saturated carbocycles. The smallest absolute Gasteiger partial charge is 0.253 e. The van der Waals surface area contributed by atoms with Crippen LogP contribution in [0.2, 0.25) is 0 Å². The van der Waals surface area contributed by atoms with Gasteiger partial charge in [0.2, 0.25) is 0 Å². The maximum atomic E-state index is 12.8. The minimum Gasteiger partial charge on any atom is -0.494 e. The molecule has 1 unspecified atom stereocenters. The van der Waals surface area contributed by atoms with Gasteiger partial charge in [-0.1, -0.05) is 6.07 Å². The largest absolute Gasteiger partial charge is 0.494 e. The van der Waals surface area contributed by atoms with Crippen LogP contribution in [0.15, 0.2) is 18.2 Å². The molecule has 2 aliphatic heterocycles. The number of hydrogen-bond acceptors (Lipinski definition) is 4. The zero-order chi connectivity index (χ0) is 16.9. The number of ether oxygens (including phenoxy) is 2. The van der Waals surface area contributed by atoms with Crippen molar-refractivity contribution in [3.05, 3.63) is 29.3 Å². The van der Waals surface area contributed by atoms with Crippen molar-refractivity contribution >= 4 is 5.91 Å². The van der Waals surface area contributed by atoms with Crippen molar-refractivity contribution in [2.24, 2.45) is 5.92 Å². The average molecular weight is 332 g/mol. The number of rotatable bonds is 5. The summed E-state index contributed by atoms with van der Waals surface area (Å²) in [7, 11) is 0. The Morgan fingerprint density at radius 1 is 1.29 bits per heavy atom. The summed E-state index contributed by atoms with van der Waals surface area (Å²) < 4.78 is 11.0. The zero-order valence-electron chi connectivity index (χ0n) is 14.8. The third-order valence-electron chi connectivity index (χ3n) is 4.93. The molecule has 2 fully saturated rings. The topological polar surface area (TPSA) is 42.0 Å². The Bertz CT molecular complexity index is 570. The van der Waals surface area contributed by atoms with Gasteiger partial charge in [-0.2, -0.15) is 0 Å². The van der Waals surface area contributed by atoms with Gasteiger partial charge < -0.3 is 14.4 Å². The van der Waals surface area contributed by atoms with Crippen molar-refractivity contribution < 1.29 is 14.3 Å². The summed E-state index contributed by atoms with van der Waals surface area (Å²) in [4.78, 5) is 17.2. The molecule has 1 aromatic rings. The number of benzene rings is 1. The van der Waals surface area contributed by atoms with Gasteiger partial charge in [0, 0.05) is 38.3 Å². The van der Waals surface area contributed by atoms with Crippen molar-refractivity contribution in [3.8, 4) is 5.75 Å².